The molecule has 0 amide bonds. The highest BCUT2D eigenvalue weighted by Gasteiger charge is 2.17. The van der Waals surface area contributed by atoms with Gasteiger partial charge in [0.25, 0.3) is 0 Å². The highest BCUT2D eigenvalue weighted by atomic mass is 32.1. The largest absolute Gasteiger partial charge is 0.309 e. The molecule has 11 aromatic carbocycles. The second-order valence-corrected chi connectivity index (χ2v) is 19.2. The molecule has 0 N–H and O–H groups in total. The van der Waals surface area contributed by atoms with E-state index in [0.717, 1.165) is 5.69 Å². The Kier molecular flexibility index (Phi) is 9.11. The predicted molar refractivity (Wildman–Crippen MR) is 295 cm³/mol. The fraction of sp³-hybridized carbons (Fsp3) is 0. The minimum Gasteiger partial charge on any atom is -0.309 e. The van der Waals surface area contributed by atoms with Gasteiger partial charge in [0.2, 0.25) is 0 Å². The zero-order chi connectivity index (χ0) is 45.4. The lowest BCUT2D eigenvalue weighted by Crippen LogP contribution is -1.94. The van der Waals surface area contributed by atoms with Crippen LogP contribution in [0.5, 0.6) is 0 Å². The first-order chi connectivity index (χ1) is 34.2. The zero-order valence-corrected chi connectivity index (χ0v) is 38.4. The third kappa shape index (κ3) is 6.62. The zero-order valence-electron chi connectivity index (χ0n) is 37.6. The van der Waals surface area contributed by atoms with Crippen LogP contribution in [-0.4, -0.2) is 9.13 Å². The van der Waals surface area contributed by atoms with Gasteiger partial charge in [-0.15, -0.1) is 11.3 Å². The molecule has 0 aliphatic rings. The van der Waals surface area contributed by atoms with E-state index in [4.69, 9.17) is 0 Å². The summed E-state index contributed by atoms with van der Waals surface area (Å²) in [7, 11) is 0. The van der Waals surface area contributed by atoms with Crippen molar-refractivity contribution in [1.82, 2.24) is 9.13 Å². The smallest absolute Gasteiger partial charge is 0.0541 e. The van der Waals surface area contributed by atoms with Gasteiger partial charge >= 0.3 is 0 Å². The molecule has 3 aromatic heterocycles. The quantitative estimate of drug-likeness (QED) is 0.151. The molecular formula is C66H42N2S. The standard InChI is InChI=1S/C66H42N2S/c1-2-12-43(13-3-1)47-14-10-16-49(38-47)50-17-11-15-48(39-50)46-26-24-44(25-27-46)45-28-32-53(33-29-45)67-61-21-7-4-18-55(61)59-40-51(30-36-63(59)67)52-31-37-64-60(41-52)56-19-5-8-22-62(56)68(64)54-34-35-58-57-20-6-9-23-65(57)69-66(58)42-54/h1-42H. The number of benzene rings is 11. The number of fused-ring (bicyclic) bond motifs is 9. The van der Waals surface area contributed by atoms with Crippen LogP contribution in [0.1, 0.15) is 0 Å². The van der Waals surface area contributed by atoms with Crippen molar-refractivity contribution in [2.75, 3.05) is 0 Å². The molecule has 0 bridgehead atoms. The van der Waals surface area contributed by atoms with E-state index in [1.165, 1.54) is 125 Å². The summed E-state index contributed by atoms with van der Waals surface area (Å²) in [5.74, 6) is 0. The topological polar surface area (TPSA) is 9.86 Å². The molecule has 0 unspecified atom stereocenters. The van der Waals surface area contributed by atoms with Crippen molar-refractivity contribution in [3.05, 3.63) is 255 Å². The van der Waals surface area contributed by atoms with Crippen LogP contribution < -0.4 is 0 Å². The van der Waals surface area contributed by atoms with Crippen molar-refractivity contribution in [3.8, 4) is 67.0 Å². The Morgan fingerprint density at radius 1 is 0.203 bits per heavy atom. The second kappa shape index (κ2) is 16.0. The maximum absolute atomic E-state index is 2.43. The fourth-order valence-corrected chi connectivity index (χ4v) is 11.9. The Labute approximate surface area is 403 Å². The highest BCUT2D eigenvalue weighted by molar-refractivity contribution is 7.25. The summed E-state index contributed by atoms with van der Waals surface area (Å²) in [6, 6.07) is 93.6. The molecular weight excluding hydrogens is 853 g/mol. The summed E-state index contributed by atoms with van der Waals surface area (Å²) in [4.78, 5) is 0. The third-order valence-corrected chi connectivity index (χ3v) is 15.3. The highest BCUT2D eigenvalue weighted by Crippen LogP contribution is 2.41. The average molecular weight is 895 g/mol. The van der Waals surface area contributed by atoms with Crippen LogP contribution in [0.3, 0.4) is 0 Å². The normalized spacial score (nSPS) is 11.8. The molecule has 0 saturated heterocycles. The Morgan fingerprint density at radius 3 is 1.17 bits per heavy atom. The van der Waals surface area contributed by atoms with Crippen molar-refractivity contribution >= 4 is 75.1 Å². The van der Waals surface area contributed by atoms with Gasteiger partial charge in [0.1, 0.15) is 0 Å². The van der Waals surface area contributed by atoms with Crippen LogP contribution in [-0.2, 0) is 0 Å². The SMILES string of the molecule is c1ccc(-c2cccc(-c3cccc(-c4ccc(-c5ccc(-n6c7ccccc7c7cc(-c8ccc9c(c8)c8ccccc8n9-c8ccc9c(c8)sc8ccccc89)ccc76)cc5)cc4)c3)c2)cc1. The Hall–Kier alpha value is -8.76. The van der Waals surface area contributed by atoms with Gasteiger partial charge in [0.05, 0.1) is 22.1 Å². The van der Waals surface area contributed by atoms with Gasteiger partial charge in [0, 0.05) is 53.1 Å². The molecule has 0 saturated carbocycles. The Bertz CT molecular complexity index is 4280. The van der Waals surface area contributed by atoms with Crippen LogP contribution in [0.2, 0.25) is 0 Å². The van der Waals surface area contributed by atoms with Crippen molar-refractivity contribution in [1.29, 1.82) is 0 Å². The van der Waals surface area contributed by atoms with E-state index in [1.807, 2.05) is 11.3 Å². The first-order valence-corrected chi connectivity index (χ1v) is 24.5. The van der Waals surface area contributed by atoms with Crippen LogP contribution in [0.4, 0.5) is 0 Å². The van der Waals surface area contributed by atoms with Crippen molar-refractivity contribution in [3.63, 3.8) is 0 Å². The molecule has 322 valence electrons. The number of hydrogen-bond acceptors (Lipinski definition) is 1. The van der Waals surface area contributed by atoms with E-state index in [-0.39, 0.29) is 0 Å². The van der Waals surface area contributed by atoms with Gasteiger partial charge < -0.3 is 9.13 Å². The van der Waals surface area contributed by atoms with E-state index in [0.29, 0.717) is 0 Å². The lowest BCUT2D eigenvalue weighted by molar-refractivity contribution is 1.18. The van der Waals surface area contributed by atoms with E-state index in [2.05, 4.69) is 264 Å². The number of hydrogen-bond donors (Lipinski definition) is 0. The summed E-state index contributed by atoms with van der Waals surface area (Å²) in [5.41, 5.74) is 19.3. The molecule has 14 aromatic rings. The second-order valence-electron chi connectivity index (χ2n) is 18.1. The predicted octanol–water partition coefficient (Wildman–Crippen LogP) is 18.6. The molecule has 69 heavy (non-hydrogen) atoms. The number of para-hydroxylation sites is 2. The molecule has 0 atom stereocenters. The van der Waals surface area contributed by atoms with E-state index in [1.54, 1.807) is 0 Å². The number of thiophene rings is 1. The summed E-state index contributed by atoms with van der Waals surface area (Å²) < 4.78 is 7.48. The van der Waals surface area contributed by atoms with Crippen LogP contribution in [0, 0.1) is 0 Å². The van der Waals surface area contributed by atoms with Gasteiger partial charge in [-0.05, 0) is 134 Å². The van der Waals surface area contributed by atoms with Gasteiger partial charge in [0.15, 0.2) is 0 Å². The molecule has 0 fully saturated rings. The van der Waals surface area contributed by atoms with Crippen LogP contribution in [0.15, 0.2) is 255 Å². The lowest BCUT2D eigenvalue weighted by atomic mass is 9.95. The summed E-state index contributed by atoms with van der Waals surface area (Å²) >= 11 is 1.87. The minimum absolute atomic E-state index is 1.14. The van der Waals surface area contributed by atoms with Crippen LogP contribution in [0.25, 0.3) is 131 Å². The first-order valence-electron chi connectivity index (χ1n) is 23.6. The molecule has 3 heteroatoms. The minimum atomic E-state index is 1.14. The molecule has 0 aliphatic carbocycles. The van der Waals surface area contributed by atoms with E-state index >= 15 is 0 Å². The molecule has 14 rings (SSSR count). The van der Waals surface area contributed by atoms with Crippen LogP contribution >= 0.6 is 11.3 Å². The van der Waals surface area contributed by atoms with Crippen molar-refractivity contribution < 1.29 is 0 Å². The summed E-state index contributed by atoms with van der Waals surface area (Å²) in [5, 5.41) is 7.65. The first kappa shape index (κ1) is 39.4. The fourth-order valence-electron chi connectivity index (χ4n) is 10.8. The van der Waals surface area contributed by atoms with E-state index in [9.17, 15) is 0 Å². The monoisotopic (exact) mass is 894 g/mol. The van der Waals surface area contributed by atoms with Gasteiger partial charge in [-0.1, -0.05) is 176 Å². The summed E-state index contributed by atoms with van der Waals surface area (Å²) in [6.45, 7) is 0. The molecule has 0 aliphatic heterocycles. The van der Waals surface area contributed by atoms with E-state index < -0.39 is 0 Å². The van der Waals surface area contributed by atoms with Crippen molar-refractivity contribution in [2.24, 2.45) is 0 Å². The number of nitrogens with zero attached hydrogens (tertiary/aromatic N) is 2. The molecule has 0 radical (unpaired) electrons. The average Bonchev–Trinajstić information content (AvgIpc) is 4.08. The third-order valence-electron chi connectivity index (χ3n) is 14.1. The summed E-state index contributed by atoms with van der Waals surface area (Å²) in [6.07, 6.45) is 0. The molecule has 3 heterocycles. The molecule has 2 nitrogen and oxygen atoms in total. The number of aromatic nitrogens is 2. The Morgan fingerprint density at radius 2 is 0.580 bits per heavy atom. The number of rotatable bonds is 7. The Balaban J connectivity index is 0.774. The lowest BCUT2D eigenvalue weighted by Gasteiger charge is -2.11. The maximum Gasteiger partial charge on any atom is 0.0541 e. The van der Waals surface area contributed by atoms with Gasteiger partial charge in [-0.25, -0.2) is 0 Å². The maximum atomic E-state index is 2.43. The van der Waals surface area contributed by atoms with Gasteiger partial charge in [-0.3, -0.25) is 0 Å². The molecule has 0 spiro atoms. The van der Waals surface area contributed by atoms with Crippen molar-refractivity contribution in [2.45, 2.75) is 0 Å². The van der Waals surface area contributed by atoms with Gasteiger partial charge in [-0.2, -0.15) is 0 Å².